The van der Waals surface area contributed by atoms with Crippen LogP contribution < -0.4 is 10.1 Å². The molecule has 3 aromatic carbocycles. The van der Waals surface area contributed by atoms with Gasteiger partial charge in [0, 0.05) is 50.7 Å². The average Bonchev–Trinajstić information content (AvgIpc) is 3.48. The molecule has 0 saturated carbocycles. The maximum atomic E-state index is 13.0. The Morgan fingerprint density at radius 2 is 1.37 bits per heavy atom. The van der Waals surface area contributed by atoms with Crippen LogP contribution in [-0.2, 0) is 13.1 Å². The molecular weight excluding hydrogens is 538 g/mol. The summed E-state index contributed by atoms with van der Waals surface area (Å²) in [4.78, 5) is 17.9. The van der Waals surface area contributed by atoms with Crippen molar-refractivity contribution < 1.29 is 13.9 Å². The Balaban J connectivity index is 0.965. The number of hydrogen-bond acceptors (Lipinski definition) is 7. The summed E-state index contributed by atoms with van der Waals surface area (Å²) in [6.45, 7) is 5.41. The highest BCUT2D eigenvalue weighted by Crippen LogP contribution is 2.25. The van der Waals surface area contributed by atoms with E-state index in [1.165, 1.54) is 11.1 Å². The summed E-state index contributed by atoms with van der Waals surface area (Å²) in [6, 6.07) is 27.5. The molecule has 2 aliphatic heterocycles. The summed E-state index contributed by atoms with van der Waals surface area (Å²) >= 11 is 0. The lowest BCUT2D eigenvalue weighted by Crippen LogP contribution is -2.44. The van der Waals surface area contributed by atoms with Gasteiger partial charge in [-0.05, 0) is 91.4 Å². The van der Waals surface area contributed by atoms with Gasteiger partial charge in [-0.3, -0.25) is 14.6 Å². The fourth-order valence-electron chi connectivity index (χ4n) is 5.98. The van der Waals surface area contributed by atoms with Crippen LogP contribution in [0.4, 0.5) is 0 Å². The van der Waals surface area contributed by atoms with Gasteiger partial charge in [-0.25, -0.2) is 0 Å². The molecule has 3 heterocycles. The lowest BCUT2D eigenvalue weighted by molar-refractivity contribution is 0.0883. The van der Waals surface area contributed by atoms with Crippen LogP contribution in [0.1, 0.15) is 58.5 Å². The Labute approximate surface area is 252 Å². The SMILES string of the molecule is N#Cc1ccc(CN2CCC(NC(=O)c3cc4cc(CN5CCC(Oc6ccc(C#N)cc6)CC5)ccc4o3)CC2)cc1. The van der Waals surface area contributed by atoms with Crippen molar-refractivity contribution in [2.24, 2.45) is 0 Å². The van der Waals surface area contributed by atoms with Crippen LogP contribution in [0, 0.1) is 22.7 Å². The number of carbonyl (C=O) groups is 1. The third kappa shape index (κ3) is 7.24. The zero-order chi connectivity index (χ0) is 29.6. The molecular formula is C35H35N5O3. The molecule has 2 fully saturated rings. The number of benzene rings is 3. The zero-order valence-corrected chi connectivity index (χ0v) is 24.2. The van der Waals surface area contributed by atoms with Crippen molar-refractivity contribution in [1.82, 2.24) is 15.1 Å². The molecule has 8 nitrogen and oxygen atoms in total. The van der Waals surface area contributed by atoms with E-state index in [0.29, 0.717) is 16.9 Å². The Kier molecular flexibility index (Phi) is 8.70. The normalized spacial score (nSPS) is 16.9. The van der Waals surface area contributed by atoms with Crippen LogP contribution >= 0.6 is 0 Å². The Hall–Kier alpha value is -4.63. The lowest BCUT2D eigenvalue weighted by Gasteiger charge is -2.32. The largest absolute Gasteiger partial charge is 0.490 e. The average molecular weight is 574 g/mol. The number of ether oxygens (including phenoxy) is 1. The number of nitrogens with zero attached hydrogens (tertiary/aromatic N) is 4. The first-order chi connectivity index (χ1) is 21.0. The first-order valence-electron chi connectivity index (χ1n) is 15.0. The number of nitriles is 2. The molecule has 0 radical (unpaired) electrons. The van der Waals surface area contributed by atoms with Gasteiger partial charge in [-0.1, -0.05) is 18.2 Å². The van der Waals surface area contributed by atoms with E-state index in [9.17, 15) is 4.79 Å². The monoisotopic (exact) mass is 573 g/mol. The molecule has 2 aliphatic rings. The van der Waals surface area contributed by atoms with Crippen LogP contribution in [0.15, 0.2) is 77.2 Å². The number of carbonyl (C=O) groups excluding carboxylic acids is 1. The van der Waals surface area contributed by atoms with Crippen LogP contribution in [0.3, 0.4) is 0 Å². The van der Waals surface area contributed by atoms with Crippen molar-refractivity contribution in [3.8, 4) is 17.9 Å². The molecule has 1 amide bonds. The van der Waals surface area contributed by atoms with Gasteiger partial charge in [-0.2, -0.15) is 10.5 Å². The van der Waals surface area contributed by atoms with Gasteiger partial charge in [-0.15, -0.1) is 0 Å². The minimum absolute atomic E-state index is 0.123. The Morgan fingerprint density at radius 3 is 2.02 bits per heavy atom. The molecule has 1 aromatic heterocycles. The lowest BCUT2D eigenvalue weighted by atomic mass is 10.0. The van der Waals surface area contributed by atoms with Crippen LogP contribution in [0.5, 0.6) is 5.75 Å². The number of piperidine rings is 2. The molecule has 0 aliphatic carbocycles. The second-order valence-electron chi connectivity index (χ2n) is 11.5. The summed E-state index contributed by atoms with van der Waals surface area (Å²) < 4.78 is 12.1. The smallest absolute Gasteiger partial charge is 0.287 e. The molecule has 43 heavy (non-hydrogen) atoms. The minimum atomic E-state index is -0.160. The molecule has 0 unspecified atom stereocenters. The molecule has 8 heteroatoms. The summed E-state index contributed by atoms with van der Waals surface area (Å²) in [6.07, 6.45) is 3.86. The van der Waals surface area contributed by atoms with E-state index in [-0.39, 0.29) is 18.1 Å². The van der Waals surface area contributed by atoms with Crippen molar-refractivity contribution in [2.75, 3.05) is 26.2 Å². The molecule has 1 N–H and O–H groups in total. The third-order valence-electron chi connectivity index (χ3n) is 8.44. The minimum Gasteiger partial charge on any atom is -0.490 e. The fraction of sp³-hybridized carbons (Fsp3) is 0.343. The van der Waals surface area contributed by atoms with Gasteiger partial charge >= 0.3 is 0 Å². The number of nitrogens with one attached hydrogen (secondary N) is 1. The molecule has 0 spiro atoms. The van der Waals surface area contributed by atoms with Crippen LogP contribution in [0.2, 0.25) is 0 Å². The topological polar surface area (TPSA) is 106 Å². The van der Waals surface area contributed by atoms with E-state index in [0.717, 1.165) is 81.7 Å². The van der Waals surface area contributed by atoms with E-state index in [4.69, 9.17) is 19.7 Å². The highest BCUT2D eigenvalue weighted by atomic mass is 16.5. The van der Waals surface area contributed by atoms with Crippen molar-refractivity contribution in [3.05, 3.63) is 101 Å². The van der Waals surface area contributed by atoms with Crippen molar-refractivity contribution >= 4 is 16.9 Å². The molecule has 6 rings (SSSR count). The quantitative estimate of drug-likeness (QED) is 0.292. The van der Waals surface area contributed by atoms with Gasteiger partial charge in [0.05, 0.1) is 23.3 Å². The van der Waals surface area contributed by atoms with E-state index in [1.54, 1.807) is 12.1 Å². The van der Waals surface area contributed by atoms with E-state index >= 15 is 0 Å². The first-order valence-corrected chi connectivity index (χ1v) is 15.0. The van der Waals surface area contributed by atoms with Crippen molar-refractivity contribution in [3.63, 3.8) is 0 Å². The third-order valence-corrected chi connectivity index (χ3v) is 8.44. The second kappa shape index (κ2) is 13.1. The van der Waals surface area contributed by atoms with Crippen molar-refractivity contribution in [2.45, 2.75) is 50.9 Å². The Morgan fingerprint density at radius 1 is 0.791 bits per heavy atom. The predicted molar refractivity (Wildman–Crippen MR) is 163 cm³/mol. The predicted octanol–water partition coefficient (Wildman–Crippen LogP) is 5.61. The van der Waals surface area contributed by atoms with Gasteiger partial charge in [0.15, 0.2) is 5.76 Å². The van der Waals surface area contributed by atoms with Gasteiger partial charge < -0.3 is 14.5 Å². The summed E-state index contributed by atoms with van der Waals surface area (Å²) in [5.74, 6) is 1.01. The first kappa shape index (κ1) is 28.5. The summed E-state index contributed by atoms with van der Waals surface area (Å²) in [7, 11) is 0. The molecule has 218 valence electrons. The molecule has 0 bridgehead atoms. The highest BCUT2D eigenvalue weighted by molar-refractivity contribution is 5.96. The number of likely N-dealkylation sites (tertiary alicyclic amines) is 2. The molecule has 0 atom stereocenters. The van der Waals surface area contributed by atoms with Gasteiger partial charge in [0.25, 0.3) is 5.91 Å². The maximum absolute atomic E-state index is 13.0. The van der Waals surface area contributed by atoms with E-state index in [1.807, 2.05) is 48.5 Å². The number of amides is 1. The number of furan rings is 1. The van der Waals surface area contributed by atoms with E-state index < -0.39 is 0 Å². The maximum Gasteiger partial charge on any atom is 0.287 e. The highest BCUT2D eigenvalue weighted by Gasteiger charge is 2.24. The van der Waals surface area contributed by atoms with Gasteiger partial charge in [0.1, 0.15) is 17.4 Å². The molecule has 4 aromatic rings. The number of fused-ring (bicyclic) bond motifs is 1. The van der Waals surface area contributed by atoms with Crippen molar-refractivity contribution in [1.29, 1.82) is 10.5 Å². The van der Waals surface area contributed by atoms with Gasteiger partial charge in [0.2, 0.25) is 0 Å². The summed E-state index contributed by atoms with van der Waals surface area (Å²) in [5.41, 5.74) is 4.43. The Bertz CT molecular complexity index is 1630. The zero-order valence-electron chi connectivity index (χ0n) is 24.2. The standard InChI is InChI=1S/C35H35N5O3/c36-21-25-1-3-27(4-2-25)23-39-15-11-30(12-16-39)38-35(41)34-20-29-19-28(7-10-33(29)43-34)24-40-17-13-32(14-18-40)42-31-8-5-26(22-37)6-9-31/h1-10,19-20,30,32H,11-18,23-24H2,(H,38,41). The second-order valence-corrected chi connectivity index (χ2v) is 11.5. The summed E-state index contributed by atoms with van der Waals surface area (Å²) in [5, 5.41) is 22.1. The number of hydrogen-bond donors (Lipinski definition) is 1. The number of rotatable bonds is 8. The molecule has 2 saturated heterocycles. The van der Waals surface area contributed by atoms with Crippen LogP contribution in [-0.4, -0.2) is 54.0 Å². The van der Waals surface area contributed by atoms with E-state index in [2.05, 4.69) is 39.4 Å². The van der Waals surface area contributed by atoms with Crippen LogP contribution in [0.25, 0.3) is 11.0 Å². The fourth-order valence-corrected chi connectivity index (χ4v) is 5.98.